The molecule has 0 bridgehead atoms. The van der Waals surface area contributed by atoms with Crippen LogP contribution < -0.4 is 5.73 Å². The topological polar surface area (TPSA) is 69.6 Å². The summed E-state index contributed by atoms with van der Waals surface area (Å²) in [6, 6.07) is 2.61. The highest BCUT2D eigenvalue weighted by Gasteiger charge is 2.13. The van der Waals surface area contributed by atoms with Crippen molar-refractivity contribution in [3.8, 4) is 5.69 Å². The van der Waals surface area contributed by atoms with Crippen LogP contribution in [0.1, 0.15) is 18.8 Å². The molecule has 5 nitrogen and oxygen atoms in total. The molecular weight excluding hydrogens is 216 g/mol. The number of aromatic nitrogens is 4. The fourth-order valence-corrected chi connectivity index (χ4v) is 1.32. The Morgan fingerprint density at radius 1 is 1.25 bits per heavy atom. The Labute approximate surface area is 89.9 Å². The van der Waals surface area contributed by atoms with Gasteiger partial charge in [-0.1, -0.05) is 0 Å². The van der Waals surface area contributed by atoms with E-state index in [4.69, 9.17) is 5.73 Å². The van der Waals surface area contributed by atoms with Crippen molar-refractivity contribution in [1.29, 1.82) is 0 Å². The van der Waals surface area contributed by atoms with Crippen LogP contribution in [0.3, 0.4) is 0 Å². The number of rotatable bonds is 2. The molecule has 2 rings (SSSR count). The maximum Gasteiger partial charge on any atom is 0.173 e. The summed E-state index contributed by atoms with van der Waals surface area (Å²) in [5.74, 6) is -1.05. The monoisotopic (exact) mass is 225 g/mol. The average molecular weight is 225 g/mol. The lowest BCUT2D eigenvalue weighted by Crippen LogP contribution is -2.13. The van der Waals surface area contributed by atoms with Gasteiger partial charge in [-0.15, -0.1) is 5.10 Å². The van der Waals surface area contributed by atoms with Crippen LogP contribution in [0.5, 0.6) is 0 Å². The van der Waals surface area contributed by atoms with Crippen molar-refractivity contribution in [3.05, 3.63) is 35.7 Å². The van der Waals surface area contributed by atoms with Crippen LogP contribution >= 0.6 is 0 Å². The summed E-state index contributed by atoms with van der Waals surface area (Å²) in [4.78, 5) is 0. The first kappa shape index (κ1) is 10.6. The van der Waals surface area contributed by atoms with Crippen molar-refractivity contribution in [2.45, 2.75) is 13.0 Å². The predicted molar refractivity (Wildman–Crippen MR) is 51.7 cm³/mol. The second-order valence-corrected chi connectivity index (χ2v) is 3.37. The lowest BCUT2D eigenvalue weighted by molar-refractivity contribution is 0.577. The summed E-state index contributed by atoms with van der Waals surface area (Å²) in [5, 5.41) is 10.7. The van der Waals surface area contributed by atoms with Crippen molar-refractivity contribution < 1.29 is 8.78 Å². The number of nitrogens with two attached hydrogens (primary N) is 1. The molecule has 1 atom stereocenters. The van der Waals surface area contributed by atoms with Crippen molar-refractivity contribution >= 4 is 0 Å². The van der Waals surface area contributed by atoms with Crippen LogP contribution in [0.25, 0.3) is 5.69 Å². The van der Waals surface area contributed by atoms with Crippen LogP contribution in [-0.4, -0.2) is 20.2 Å². The molecule has 1 heterocycles. The van der Waals surface area contributed by atoms with Crippen molar-refractivity contribution in [1.82, 2.24) is 20.2 Å². The quantitative estimate of drug-likeness (QED) is 0.826. The summed E-state index contributed by atoms with van der Waals surface area (Å²) in [7, 11) is 0. The van der Waals surface area contributed by atoms with Crippen LogP contribution in [0.4, 0.5) is 8.78 Å². The predicted octanol–water partition coefficient (Wildman–Crippen LogP) is 0.960. The van der Waals surface area contributed by atoms with Crippen LogP contribution in [0, 0.1) is 11.6 Å². The molecule has 1 aromatic heterocycles. The van der Waals surface area contributed by atoms with Gasteiger partial charge in [-0.3, -0.25) is 0 Å². The van der Waals surface area contributed by atoms with Crippen LogP contribution in [-0.2, 0) is 0 Å². The number of benzene rings is 1. The normalized spacial score (nSPS) is 12.8. The maximum absolute atomic E-state index is 13.0. The van der Waals surface area contributed by atoms with Gasteiger partial charge in [-0.05, 0) is 29.5 Å². The van der Waals surface area contributed by atoms with Crippen LogP contribution in [0.2, 0.25) is 0 Å². The first-order chi connectivity index (χ1) is 7.58. The highest BCUT2D eigenvalue weighted by atomic mass is 19.1. The van der Waals surface area contributed by atoms with Crippen molar-refractivity contribution in [2.24, 2.45) is 5.73 Å². The number of tetrazole rings is 1. The van der Waals surface area contributed by atoms with Crippen molar-refractivity contribution in [3.63, 3.8) is 0 Å². The molecule has 0 aliphatic carbocycles. The zero-order chi connectivity index (χ0) is 11.7. The van der Waals surface area contributed by atoms with E-state index in [1.807, 2.05) is 0 Å². The molecule has 0 aliphatic heterocycles. The van der Waals surface area contributed by atoms with Crippen LogP contribution in [0.15, 0.2) is 18.2 Å². The zero-order valence-corrected chi connectivity index (χ0v) is 8.43. The average Bonchev–Trinajstić information content (AvgIpc) is 2.63. The summed E-state index contributed by atoms with van der Waals surface area (Å²) in [6.45, 7) is 1.68. The Balaban J connectivity index is 2.54. The van der Waals surface area contributed by atoms with Gasteiger partial charge in [0.15, 0.2) is 5.82 Å². The molecule has 2 N–H and O–H groups in total. The smallest absolute Gasteiger partial charge is 0.173 e. The lowest BCUT2D eigenvalue weighted by Gasteiger charge is -2.06. The molecule has 0 aliphatic rings. The minimum absolute atomic E-state index is 0.204. The molecule has 16 heavy (non-hydrogen) atoms. The second kappa shape index (κ2) is 3.93. The van der Waals surface area contributed by atoms with Gasteiger partial charge in [0, 0.05) is 6.07 Å². The maximum atomic E-state index is 13.0. The summed E-state index contributed by atoms with van der Waals surface area (Å²) in [6.07, 6.45) is 0. The first-order valence-corrected chi connectivity index (χ1v) is 4.58. The summed E-state index contributed by atoms with van der Waals surface area (Å²) in [5.41, 5.74) is 5.83. The lowest BCUT2D eigenvalue weighted by atomic mass is 10.3. The molecule has 1 aromatic carbocycles. The Morgan fingerprint density at radius 3 is 2.44 bits per heavy atom. The van der Waals surface area contributed by atoms with Crippen molar-refractivity contribution in [2.75, 3.05) is 0 Å². The standard InChI is InChI=1S/C9H9F2N5/c1-5(12)9-13-14-15-16(9)8-3-6(10)2-7(11)4-8/h2-5H,12H2,1H3. The minimum Gasteiger partial charge on any atom is -0.321 e. The number of halogens is 2. The Morgan fingerprint density at radius 2 is 1.88 bits per heavy atom. The second-order valence-electron chi connectivity index (χ2n) is 3.37. The van der Waals surface area contributed by atoms with E-state index in [0.29, 0.717) is 5.82 Å². The first-order valence-electron chi connectivity index (χ1n) is 4.58. The summed E-state index contributed by atoms with van der Waals surface area (Å²) < 4.78 is 27.2. The van der Waals surface area contributed by atoms with E-state index < -0.39 is 17.7 Å². The Kier molecular flexibility index (Phi) is 2.61. The number of nitrogens with zero attached hydrogens (tertiary/aromatic N) is 4. The third-order valence-electron chi connectivity index (χ3n) is 1.99. The van der Waals surface area contributed by atoms with Gasteiger partial charge in [0.05, 0.1) is 11.7 Å². The molecule has 7 heteroatoms. The van der Waals surface area contributed by atoms with Gasteiger partial charge >= 0.3 is 0 Å². The van der Waals surface area contributed by atoms with E-state index in [9.17, 15) is 8.78 Å². The largest absolute Gasteiger partial charge is 0.321 e. The van der Waals surface area contributed by atoms with E-state index >= 15 is 0 Å². The third-order valence-corrected chi connectivity index (χ3v) is 1.99. The van der Waals surface area contributed by atoms with Gasteiger partial charge in [0.25, 0.3) is 0 Å². The highest BCUT2D eigenvalue weighted by molar-refractivity contribution is 5.32. The minimum atomic E-state index is -0.693. The SMILES string of the molecule is CC(N)c1nnnn1-c1cc(F)cc(F)c1. The molecule has 1 unspecified atom stereocenters. The number of hydrogen-bond acceptors (Lipinski definition) is 4. The molecule has 0 spiro atoms. The van der Waals surface area contributed by atoms with Gasteiger partial charge in [0.1, 0.15) is 11.6 Å². The molecule has 2 aromatic rings. The van der Waals surface area contributed by atoms with E-state index in [2.05, 4.69) is 15.5 Å². The number of hydrogen-bond donors (Lipinski definition) is 1. The van der Waals surface area contributed by atoms with Gasteiger partial charge < -0.3 is 5.73 Å². The van der Waals surface area contributed by atoms with E-state index in [1.54, 1.807) is 6.92 Å². The molecule has 0 saturated carbocycles. The highest BCUT2D eigenvalue weighted by Crippen LogP contribution is 2.15. The molecule has 84 valence electrons. The Hall–Kier alpha value is -1.89. The summed E-state index contributed by atoms with van der Waals surface area (Å²) >= 11 is 0. The Bertz CT molecular complexity index is 488. The van der Waals surface area contributed by atoms with Gasteiger partial charge in [0.2, 0.25) is 0 Å². The zero-order valence-electron chi connectivity index (χ0n) is 8.43. The van der Waals surface area contributed by atoms with Gasteiger partial charge in [-0.2, -0.15) is 4.68 Å². The molecule has 0 fully saturated rings. The fraction of sp³-hybridized carbons (Fsp3) is 0.222. The van der Waals surface area contributed by atoms with E-state index in [1.165, 1.54) is 4.68 Å². The fourth-order valence-electron chi connectivity index (χ4n) is 1.32. The van der Waals surface area contributed by atoms with E-state index in [-0.39, 0.29) is 5.69 Å². The van der Waals surface area contributed by atoms with Gasteiger partial charge in [-0.25, -0.2) is 8.78 Å². The third kappa shape index (κ3) is 1.89. The molecule has 0 radical (unpaired) electrons. The van der Waals surface area contributed by atoms with E-state index in [0.717, 1.165) is 18.2 Å². The molecular formula is C9H9F2N5. The molecule has 0 saturated heterocycles. The molecule has 0 amide bonds.